The quantitative estimate of drug-likeness (QED) is 0.813. The van der Waals surface area contributed by atoms with Gasteiger partial charge in [-0.05, 0) is 19.9 Å². The largest absolute Gasteiger partial charge is 0.372 e. The number of hydrogen-bond acceptors (Lipinski definition) is 4. The molecular weight excluding hydrogens is 350 g/mol. The third-order valence-electron chi connectivity index (χ3n) is 4.47. The number of nitrogens with zero attached hydrogens (tertiary/aromatic N) is 2. The summed E-state index contributed by atoms with van der Waals surface area (Å²) < 4.78 is 7.69. The SMILES string of the molecule is CNC(=O)CSc1cn(CC(=O)N2C[C@@H](C)O[C@H](C)C2)c2ccccc12. The topological polar surface area (TPSA) is 63.6 Å². The molecule has 140 valence electrons. The maximum Gasteiger partial charge on any atom is 0.242 e. The van der Waals surface area contributed by atoms with Crippen molar-refractivity contribution in [2.75, 3.05) is 25.9 Å². The number of benzene rings is 1. The van der Waals surface area contributed by atoms with Crippen LogP contribution in [0.25, 0.3) is 10.9 Å². The van der Waals surface area contributed by atoms with Gasteiger partial charge in [0.15, 0.2) is 0 Å². The van der Waals surface area contributed by atoms with Gasteiger partial charge in [0, 0.05) is 42.1 Å². The first-order valence-corrected chi connectivity index (χ1v) is 9.81. The third kappa shape index (κ3) is 4.22. The van der Waals surface area contributed by atoms with Crippen LogP contribution in [0.5, 0.6) is 0 Å². The summed E-state index contributed by atoms with van der Waals surface area (Å²) in [5.74, 6) is 0.437. The van der Waals surface area contributed by atoms with E-state index in [-0.39, 0.29) is 24.0 Å². The van der Waals surface area contributed by atoms with Gasteiger partial charge in [-0.2, -0.15) is 0 Å². The second-order valence-electron chi connectivity index (χ2n) is 6.66. The van der Waals surface area contributed by atoms with Crippen molar-refractivity contribution in [3.8, 4) is 0 Å². The molecule has 1 aliphatic heterocycles. The van der Waals surface area contributed by atoms with Crippen molar-refractivity contribution in [1.82, 2.24) is 14.8 Å². The summed E-state index contributed by atoms with van der Waals surface area (Å²) in [6.45, 7) is 5.53. The molecule has 1 aromatic heterocycles. The van der Waals surface area contributed by atoms with Gasteiger partial charge >= 0.3 is 0 Å². The molecular formula is C19H25N3O3S. The molecule has 0 aliphatic carbocycles. The van der Waals surface area contributed by atoms with E-state index in [2.05, 4.69) is 5.32 Å². The zero-order chi connectivity index (χ0) is 18.7. The predicted molar refractivity (Wildman–Crippen MR) is 103 cm³/mol. The van der Waals surface area contributed by atoms with Crippen LogP contribution in [-0.2, 0) is 20.9 Å². The number of carbonyl (C=O) groups excluding carboxylic acids is 2. The molecule has 1 fully saturated rings. The molecule has 26 heavy (non-hydrogen) atoms. The number of amides is 2. The Bertz CT molecular complexity index is 794. The van der Waals surface area contributed by atoms with E-state index in [1.54, 1.807) is 7.05 Å². The maximum atomic E-state index is 12.8. The molecule has 2 atom stereocenters. The van der Waals surface area contributed by atoms with Crippen LogP contribution in [0.1, 0.15) is 13.8 Å². The molecule has 0 unspecified atom stereocenters. The van der Waals surface area contributed by atoms with E-state index in [4.69, 9.17) is 4.74 Å². The number of rotatable bonds is 5. The second kappa shape index (κ2) is 8.14. The summed E-state index contributed by atoms with van der Waals surface area (Å²) in [4.78, 5) is 27.3. The van der Waals surface area contributed by atoms with Gasteiger partial charge < -0.3 is 19.5 Å². The molecule has 1 N–H and O–H groups in total. The first-order valence-electron chi connectivity index (χ1n) is 8.82. The lowest BCUT2D eigenvalue weighted by atomic mass is 10.2. The van der Waals surface area contributed by atoms with Crippen molar-refractivity contribution in [1.29, 1.82) is 0 Å². The highest BCUT2D eigenvalue weighted by molar-refractivity contribution is 8.00. The van der Waals surface area contributed by atoms with Gasteiger partial charge in [0.2, 0.25) is 11.8 Å². The first-order chi connectivity index (χ1) is 12.5. The van der Waals surface area contributed by atoms with Crippen LogP contribution < -0.4 is 5.32 Å². The van der Waals surface area contributed by atoms with E-state index in [9.17, 15) is 9.59 Å². The fourth-order valence-electron chi connectivity index (χ4n) is 3.30. The average Bonchev–Trinajstić information content (AvgIpc) is 2.96. The van der Waals surface area contributed by atoms with Crippen LogP contribution in [0.4, 0.5) is 0 Å². The molecule has 2 aromatic rings. The van der Waals surface area contributed by atoms with Crippen molar-refractivity contribution in [3.05, 3.63) is 30.5 Å². The lowest BCUT2D eigenvalue weighted by molar-refractivity contribution is -0.143. The van der Waals surface area contributed by atoms with Gasteiger partial charge in [0.1, 0.15) is 6.54 Å². The van der Waals surface area contributed by atoms with E-state index in [0.29, 0.717) is 25.4 Å². The zero-order valence-electron chi connectivity index (χ0n) is 15.4. The highest BCUT2D eigenvalue weighted by Crippen LogP contribution is 2.30. The second-order valence-corrected chi connectivity index (χ2v) is 7.67. The number of carbonyl (C=O) groups is 2. The molecule has 1 aliphatic rings. The maximum absolute atomic E-state index is 12.8. The first kappa shape index (κ1) is 18.8. The van der Waals surface area contributed by atoms with Crippen molar-refractivity contribution < 1.29 is 14.3 Å². The molecule has 0 radical (unpaired) electrons. The molecule has 7 heteroatoms. The molecule has 6 nitrogen and oxygen atoms in total. The number of nitrogens with one attached hydrogen (secondary N) is 1. The van der Waals surface area contributed by atoms with Crippen LogP contribution in [0.3, 0.4) is 0 Å². The van der Waals surface area contributed by atoms with Crippen molar-refractivity contribution >= 4 is 34.5 Å². The van der Waals surface area contributed by atoms with Crippen LogP contribution in [0.2, 0.25) is 0 Å². The van der Waals surface area contributed by atoms with Gasteiger partial charge in [-0.15, -0.1) is 11.8 Å². The Labute approximate surface area is 157 Å². The fourth-order valence-corrected chi connectivity index (χ4v) is 4.26. The monoisotopic (exact) mass is 375 g/mol. The van der Waals surface area contributed by atoms with Crippen LogP contribution in [-0.4, -0.2) is 59.4 Å². The van der Waals surface area contributed by atoms with E-state index in [1.807, 2.05) is 53.8 Å². The summed E-state index contributed by atoms with van der Waals surface area (Å²) in [6, 6.07) is 7.98. The molecule has 0 saturated carbocycles. The summed E-state index contributed by atoms with van der Waals surface area (Å²) in [7, 11) is 1.63. The Hall–Kier alpha value is -1.99. The van der Waals surface area contributed by atoms with Crippen LogP contribution >= 0.6 is 11.8 Å². The minimum Gasteiger partial charge on any atom is -0.372 e. The summed E-state index contributed by atoms with van der Waals surface area (Å²) in [5.41, 5.74) is 1.01. The summed E-state index contributed by atoms with van der Waals surface area (Å²) in [6.07, 6.45) is 2.09. The summed E-state index contributed by atoms with van der Waals surface area (Å²) in [5, 5.41) is 3.70. The number of aromatic nitrogens is 1. The number of fused-ring (bicyclic) bond motifs is 1. The predicted octanol–water partition coefficient (Wildman–Crippen LogP) is 2.12. The minimum atomic E-state index is -0.0146. The smallest absolute Gasteiger partial charge is 0.242 e. The molecule has 0 bridgehead atoms. The Morgan fingerprint density at radius 3 is 2.62 bits per heavy atom. The van der Waals surface area contributed by atoms with E-state index < -0.39 is 0 Å². The van der Waals surface area contributed by atoms with Gasteiger partial charge in [-0.3, -0.25) is 9.59 Å². The van der Waals surface area contributed by atoms with Crippen LogP contribution in [0.15, 0.2) is 35.4 Å². The fraction of sp³-hybridized carbons (Fsp3) is 0.474. The van der Waals surface area contributed by atoms with E-state index >= 15 is 0 Å². The standard InChI is InChI=1S/C19H25N3O3S/c1-13-8-22(9-14(2)25-13)19(24)11-21-10-17(26-12-18(23)20-3)15-6-4-5-7-16(15)21/h4-7,10,13-14H,8-9,11-12H2,1-3H3,(H,20,23)/t13-,14-/m1/s1. The van der Waals surface area contributed by atoms with Crippen molar-refractivity contribution in [2.45, 2.75) is 37.5 Å². The Kier molecular flexibility index (Phi) is 5.88. The van der Waals surface area contributed by atoms with Gasteiger partial charge in [-0.1, -0.05) is 18.2 Å². The third-order valence-corrected chi connectivity index (χ3v) is 5.51. The van der Waals surface area contributed by atoms with Crippen molar-refractivity contribution in [2.24, 2.45) is 0 Å². The van der Waals surface area contributed by atoms with Crippen LogP contribution in [0, 0.1) is 0 Å². The number of thioether (sulfide) groups is 1. The molecule has 2 amide bonds. The number of para-hydroxylation sites is 1. The Morgan fingerprint density at radius 1 is 1.23 bits per heavy atom. The Morgan fingerprint density at radius 2 is 1.92 bits per heavy atom. The molecule has 1 aromatic carbocycles. The van der Waals surface area contributed by atoms with Crippen molar-refractivity contribution in [3.63, 3.8) is 0 Å². The average molecular weight is 375 g/mol. The lowest BCUT2D eigenvalue weighted by Crippen LogP contribution is -2.49. The minimum absolute atomic E-state index is 0.0146. The normalized spacial score (nSPS) is 20.3. The summed E-state index contributed by atoms with van der Waals surface area (Å²) >= 11 is 1.49. The lowest BCUT2D eigenvalue weighted by Gasteiger charge is -2.35. The number of morpholine rings is 1. The molecule has 0 spiro atoms. The molecule has 1 saturated heterocycles. The van der Waals surface area contributed by atoms with Gasteiger partial charge in [0.05, 0.1) is 18.0 Å². The molecule has 3 rings (SSSR count). The molecule has 2 heterocycles. The highest BCUT2D eigenvalue weighted by atomic mass is 32.2. The number of hydrogen-bond donors (Lipinski definition) is 1. The number of ether oxygens (including phenoxy) is 1. The highest BCUT2D eigenvalue weighted by Gasteiger charge is 2.26. The Balaban J connectivity index is 1.79. The van der Waals surface area contributed by atoms with E-state index in [0.717, 1.165) is 15.8 Å². The van der Waals surface area contributed by atoms with E-state index in [1.165, 1.54) is 11.8 Å². The van der Waals surface area contributed by atoms with Gasteiger partial charge in [0.25, 0.3) is 0 Å². The zero-order valence-corrected chi connectivity index (χ0v) is 16.2. The van der Waals surface area contributed by atoms with Gasteiger partial charge in [-0.25, -0.2) is 0 Å².